The molecule has 1 aromatic carbocycles. The van der Waals surface area contributed by atoms with E-state index in [1.807, 2.05) is 6.92 Å². The van der Waals surface area contributed by atoms with Crippen molar-refractivity contribution in [3.63, 3.8) is 0 Å². The van der Waals surface area contributed by atoms with Gasteiger partial charge >= 0.3 is 12.1 Å². The van der Waals surface area contributed by atoms with Crippen molar-refractivity contribution in [1.82, 2.24) is 0 Å². The molecule has 1 atom stereocenters. The molecule has 0 fully saturated rings. The second kappa shape index (κ2) is 5.63. The Morgan fingerprint density at radius 1 is 1.43 bits per heavy atom. The van der Waals surface area contributed by atoms with Crippen molar-refractivity contribution in [3.05, 3.63) is 28.8 Å². The topological polar surface area (TPSA) is 46.5 Å². The lowest BCUT2D eigenvalue weighted by molar-refractivity contribution is -0.187. The highest BCUT2D eigenvalue weighted by Gasteiger charge is 2.48. The smallest absolute Gasteiger partial charge is 0.430 e. The largest absolute Gasteiger partial charge is 0.478 e. The van der Waals surface area contributed by atoms with Gasteiger partial charge in [-0.2, -0.15) is 13.2 Å². The van der Waals surface area contributed by atoms with E-state index in [9.17, 15) is 18.0 Å². The number of ether oxygens (including phenoxy) is 1. The van der Waals surface area contributed by atoms with Gasteiger partial charge in [-0.3, -0.25) is 0 Å². The first-order valence-electron chi connectivity index (χ1n) is 6.28. The molecule has 1 aliphatic rings. The molecule has 1 unspecified atom stereocenters. The fourth-order valence-corrected chi connectivity index (χ4v) is 2.54. The van der Waals surface area contributed by atoms with Gasteiger partial charge in [0, 0.05) is 10.5 Å². The van der Waals surface area contributed by atoms with Crippen molar-refractivity contribution < 1.29 is 27.8 Å². The molecule has 1 heterocycles. The number of carboxylic acids is 1. The van der Waals surface area contributed by atoms with E-state index in [0.29, 0.717) is 22.4 Å². The van der Waals surface area contributed by atoms with Crippen LogP contribution in [0.15, 0.2) is 22.6 Å². The Kier molecular flexibility index (Phi) is 4.22. The molecule has 114 valence electrons. The summed E-state index contributed by atoms with van der Waals surface area (Å²) >= 11 is 4.19. The average molecular weight is 318 g/mol. The Morgan fingerprint density at radius 2 is 2.10 bits per heavy atom. The number of rotatable bonds is 3. The summed E-state index contributed by atoms with van der Waals surface area (Å²) in [6, 6.07) is 3.13. The highest BCUT2D eigenvalue weighted by molar-refractivity contribution is 7.80. The standard InChI is InChI=1S/C14H13F3O3S/c1-2-3-7-4-9(21)5-8-6-10(13(18)19)12(14(15,16)17)20-11(7)8/h4-6,12,21H,2-3H2,1H3,(H,18,19). The molecule has 0 aromatic heterocycles. The summed E-state index contributed by atoms with van der Waals surface area (Å²) in [4.78, 5) is 11.6. The Morgan fingerprint density at radius 3 is 2.62 bits per heavy atom. The minimum absolute atomic E-state index is 0.0852. The van der Waals surface area contributed by atoms with Crippen LogP contribution in [0.1, 0.15) is 24.5 Å². The molecular formula is C14H13F3O3S. The monoisotopic (exact) mass is 318 g/mol. The van der Waals surface area contributed by atoms with Gasteiger partial charge in [-0.05, 0) is 30.2 Å². The quantitative estimate of drug-likeness (QED) is 0.835. The van der Waals surface area contributed by atoms with Crippen LogP contribution in [-0.2, 0) is 11.2 Å². The molecule has 1 N–H and O–H groups in total. The summed E-state index contributed by atoms with van der Waals surface area (Å²) in [6.07, 6.45) is -4.98. The number of aliphatic carboxylic acids is 1. The molecule has 0 saturated heterocycles. The number of fused-ring (bicyclic) bond motifs is 1. The van der Waals surface area contributed by atoms with Gasteiger partial charge in [0.1, 0.15) is 5.75 Å². The number of hydrogen-bond acceptors (Lipinski definition) is 3. The van der Waals surface area contributed by atoms with Crippen LogP contribution in [0.5, 0.6) is 5.75 Å². The molecule has 0 amide bonds. The summed E-state index contributed by atoms with van der Waals surface area (Å²) in [6.45, 7) is 1.89. The number of benzene rings is 1. The maximum atomic E-state index is 13.0. The SMILES string of the molecule is CCCc1cc(S)cc2c1OC(C(F)(F)F)C(C(=O)O)=C2. The zero-order chi connectivity index (χ0) is 15.8. The summed E-state index contributed by atoms with van der Waals surface area (Å²) in [5, 5.41) is 8.97. The van der Waals surface area contributed by atoms with Crippen LogP contribution in [0.3, 0.4) is 0 Å². The van der Waals surface area contributed by atoms with Gasteiger partial charge in [-0.15, -0.1) is 12.6 Å². The molecule has 0 aliphatic carbocycles. The van der Waals surface area contributed by atoms with Gasteiger partial charge in [0.25, 0.3) is 0 Å². The Bertz CT molecular complexity index is 608. The molecule has 0 radical (unpaired) electrons. The van der Waals surface area contributed by atoms with Gasteiger partial charge in [-0.25, -0.2) is 4.79 Å². The Hall–Kier alpha value is -1.63. The van der Waals surface area contributed by atoms with Crippen LogP contribution in [0.2, 0.25) is 0 Å². The minimum Gasteiger partial charge on any atom is -0.478 e. The van der Waals surface area contributed by atoms with Crippen molar-refractivity contribution in [2.75, 3.05) is 0 Å². The number of carboxylic acid groups (broad SMARTS) is 1. The Labute approximate surface area is 124 Å². The first-order valence-corrected chi connectivity index (χ1v) is 6.73. The molecule has 1 aromatic rings. The number of aryl methyl sites for hydroxylation is 1. The number of thiol groups is 1. The number of carbonyl (C=O) groups is 1. The summed E-state index contributed by atoms with van der Waals surface area (Å²) in [5.74, 6) is -1.56. The second-order valence-corrected chi connectivity index (χ2v) is 5.23. The van der Waals surface area contributed by atoms with Gasteiger partial charge < -0.3 is 9.84 Å². The zero-order valence-electron chi connectivity index (χ0n) is 11.1. The number of alkyl halides is 3. The predicted octanol–water partition coefficient (Wildman–Crippen LogP) is 3.72. The lowest BCUT2D eigenvalue weighted by Gasteiger charge is -2.28. The summed E-state index contributed by atoms with van der Waals surface area (Å²) in [7, 11) is 0. The molecule has 3 nitrogen and oxygen atoms in total. The van der Waals surface area contributed by atoms with Gasteiger partial charge in [0.05, 0.1) is 5.57 Å². The lowest BCUT2D eigenvalue weighted by atomic mass is 9.97. The van der Waals surface area contributed by atoms with E-state index < -0.39 is 23.8 Å². The fraction of sp³-hybridized carbons (Fsp3) is 0.357. The van der Waals surface area contributed by atoms with Crippen LogP contribution >= 0.6 is 12.6 Å². The van der Waals surface area contributed by atoms with E-state index in [4.69, 9.17) is 9.84 Å². The van der Waals surface area contributed by atoms with Crippen LogP contribution in [-0.4, -0.2) is 23.4 Å². The number of halogens is 3. The zero-order valence-corrected chi connectivity index (χ0v) is 12.0. The lowest BCUT2D eigenvalue weighted by Crippen LogP contribution is -2.40. The summed E-state index contributed by atoms with van der Waals surface area (Å²) < 4.78 is 44.0. The van der Waals surface area contributed by atoms with E-state index in [1.165, 1.54) is 6.07 Å². The molecule has 0 bridgehead atoms. The van der Waals surface area contributed by atoms with Gasteiger partial charge in [0.15, 0.2) is 0 Å². The van der Waals surface area contributed by atoms with Gasteiger partial charge in [0.2, 0.25) is 6.10 Å². The van der Waals surface area contributed by atoms with Crippen molar-refractivity contribution in [2.45, 2.75) is 36.9 Å². The first-order chi connectivity index (χ1) is 9.74. The van der Waals surface area contributed by atoms with Crippen LogP contribution in [0, 0.1) is 0 Å². The molecule has 7 heteroatoms. The van der Waals surface area contributed by atoms with Crippen LogP contribution in [0.25, 0.3) is 6.08 Å². The molecule has 0 spiro atoms. The highest BCUT2D eigenvalue weighted by atomic mass is 32.1. The fourth-order valence-electron chi connectivity index (χ4n) is 2.24. The molecule has 2 rings (SSSR count). The minimum atomic E-state index is -4.79. The maximum Gasteiger partial charge on any atom is 0.430 e. The average Bonchev–Trinajstić information content (AvgIpc) is 2.36. The third-order valence-corrected chi connectivity index (χ3v) is 3.33. The van der Waals surface area contributed by atoms with Crippen molar-refractivity contribution in [1.29, 1.82) is 0 Å². The van der Waals surface area contributed by atoms with E-state index in [2.05, 4.69) is 12.6 Å². The molecule has 21 heavy (non-hydrogen) atoms. The van der Waals surface area contributed by atoms with E-state index in [1.54, 1.807) is 6.07 Å². The van der Waals surface area contributed by atoms with E-state index in [-0.39, 0.29) is 5.75 Å². The molecule has 1 aliphatic heterocycles. The van der Waals surface area contributed by atoms with Crippen molar-refractivity contribution in [2.24, 2.45) is 0 Å². The highest BCUT2D eigenvalue weighted by Crippen LogP contribution is 2.40. The van der Waals surface area contributed by atoms with Crippen molar-refractivity contribution in [3.8, 4) is 5.75 Å². The Balaban J connectivity index is 2.60. The predicted molar refractivity (Wildman–Crippen MR) is 73.8 cm³/mol. The number of hydrogen-bond donors (Lipinski definition) is 2. The van der Waals surface area contributed by atoms with E-state index in [0.717, 1.165) is 12.5 Å². The summed E-state index contributed by atoms with van der Waals surface area (Å²) in [5.41, 5.74) is 0.0789. The van der Waals surface area contributed by atoms with Crippen LogP contribution < -0.4 is 4.74 Å². The second-order valence-electron chi connectivity index (χ2n) is 4.72. The third kappa shape index (κ3) is 3.18. The van der Waals surface area contributed by atoms with Crippen LogP contribution in [0.4, 0.5) is 13.2 Å². The van der Waals surface area contributed by atoms with Gasteiger partial charge in [-0.1, -0.05) is 13.3 Å². The maximum absolute atomic E-state index is 13.0. The third-order valence-electron chi connectivity index (χ3n) is 3.07. The molecule has 0 saturated carbocycles. The first kappa shape index (κ1) is 15.8. The normalized spacial score (nSPS) is 17.8. The van der Waals surface area contributed by atoms with E-state index >= 15 is 0 Å². The van der Waals surface area contributed by atoms with Crippen molar-refractivity contribution >= 4 is 24.7 Å². The molecular weight excluding hydrogens is 305 g/mol.